The third-order valence-corrected chi connectivity index (χ3v) is 11.7. The maximum atomic E-state index is 12.4. The molecule has 5 N–H and O–H groups in total. The number of hydrogen-bond acceptors (Lipinski definition) is 6. The molecule has 6 rings (SSSR count). The molecule has 0 saturated carbocycles. The van der Waals surface area contributed by atoms with E-state index in [1.165, 1.54) is 16.7 Å². The van der Waals surface area contributed by atoms with Crippen LogP contribution in [0.3, 0.4) is 0 Å². The van der Waals surface area contributed by atoms with Gasteiger partial charge in [0.15, 0.2) is 0 Å². The minimum atomic E-state index is -0.950. The van der Waals surface area contributed by atoms with Gasteiger partial charge in [0.2, 0.25) is 0 Å². The zero-order valence-electron chi connectivity index (χ0n) is 28.6. The van der Waals surface area contributed by atoms with Gasteiger partial charge in [0.1, 0.15) is 5.76 Å². The first kappa shape index (κ1) is 32.1. The summed E-state index contributed by atoms with van der Waals surface area (Å²) in [5.74, 6) is 0.257. The van der Waals surface area contributed by atoms with Crippen molar-refractivity contribution in [1.29, 1.82) is 0 Å². The van der Waals surface area contributed by atoms with Crippen LogP contribution in [0.15, 0.2) is 96.5 Å². The maximum Gasteiger partial charge on any atom is 0.108 e. The van der Waals surface area contributed by atoms with Crippen LogP contribution in [-0.2, 0) is 6.42 Å². The van der Waals surface area contributed by atoms with Crippen molar-refractivity contribution in [3.8, 4) is 11.1 Å². The lowest BCUT2D eigenvalue weighted by Crippen LogP contribution is -2.71. The molecule has 6 heteroatoms. The van der Waals surface area contributed by atoms with Gasteiger partial charge < -0.3 is 31.3 Å². The highest BCUT2D eigenvalue weighted by atomic mass is 16.3. The number of hydrogen-bond donors (Lipinski definition) is 3. The molecule has 242 valence electrons. The Morgan fingerprint density at radius 3 is 2.35 bits per heavy atom. The Hall–Kier alpha value is -3.84. The molecule has 6 nitrogen and oxygen atoms in total. The highest BCUT2D eigenvalue weighted by Crippen LogP contribution is 2.62. The standard InChI is InChI=1S/C40H51N5O/c1-23-14-15-32(30-13-11-12-29(20-30)28(6)45-18-16-44(10)17-19-45)33-21-31-22-40(42)37(43(8)9)25(3)35(27(5)41)26(4)39(40,7)38(46)36(31)24(2)34(23)33/h11-15,20,31,37,46H,2,4-6,16-19,21-22,41-42H2,1,3,7-10H3/t31?,37?,39-,40+/m0/s1. The minimum absolute atomic E-state index is 0.00668. The molecule has 1 heterocycles. The van der Waals surface area contributed by atoms with E-state index in [0.29, 0.717) is 12.1 Å². The van der Waals surface area contributed by atoms with Gasteiger partial charge in [0.25, 0.3) is 0 Å². The van der Waals surface area contributed by atoms with E-state index in [0.717, 1.165) is 82.9 Å². The predicted octanol–water partition coefficient (Wildman–Crippen LogP) is 6.27. The second-order valence-corrected chi connectivity index (χ2v) is 14.5. The molecular formula is C40H51N5O. The second kappa shape index (κ2) is 11.2. The van der Waals surface area contributed by atoms with Gasteiger partial charge >= 0.3 is 0 Å². The molecule has 4 aliphatic rings. The summed E-state index contributed by atoms with van der Waals surface area (Å²) >= 11 is 0. The lowest BCUT2D eigenvalue weighted by molar-refractivity contribution is 0.0444. The van der Waals surface area contributed by atoms with Gasteiger partial charge in [0.05, 0.1) is 17.0 Å². The highest BCUT2D eigenvalue weighted by Gasteiger charge is 2.63. The fourth-order valence-electron chi connectivity index (χ4n) is 9.25. The number of benzene rings is 2. The van der Waals surface area contributed by atoms with Crippen LogP contribution in [0.2, 0.25) is 0 Å². The number of aliphatic hydroxyl groups is 1. The minimum Gasteiger partial charge on any atom is -0.511 e. The van der Waals surface area contributed by atoms with Crippen LogP contribution in [0.1, 0.15) is 42.5 Å². The first-order valence-corrected chi connectivity index (χ1v) is 16.4. The number of rotatable bonds is 5. The van der Waals surface area contributed by atoms with E-state index in [2.05, 4.69) is 98.3 Å². The molecule has 1 aliphatic heterocycles. The fraction of sp³-hybridized carbons (Fsp3) is 0.400. The van der Waals surface area contributed by atoms with Crippen molar-refractivity contribution in [3.05, 3.63) is 119 Å². The van der Waals surface area contributed by atoms with Crippen molar-refractivity contribution in [1.82, 2.24) is 14.7 Å². The van der Waals surface area contributed by atoms with E-state index in [4.69, 9.17) is 11.5 Å². The van der Waals surface area contributed by atoms with Gasteiger partial charge in [-0.3, -0.25) is 0 Å². The molecule has 0 radical (unpaired) electrons. The quantitative estimate of drug-likeness (QED) is 0.367. The Morgan fingerprint density at radius 1 is 1.04 bits per heavy atom. The van der Waals surface area contributed by atoms with Crippen LogP contribution in [0.5, 0.6) is 0 Å². The summed E-state index contributed by atoms with van der Waals surface area (Å²) in [6.45, 7) is 28.1. The van der Waals surface area contributed by atoms with Crippen LogP contribution in [0.25, 0.3) is 22.4 Å². The molecule has 46 heavy (non-hydrogen) atoms. The molecule has 0 bridgehead atoms. The second-order valence-electron chi connectivity index (χ2n) is 14.5. The molecule has 3 aliphatic carbocycles. The zero-order valence-corrected chi connectivity index (χ0v) is 28.6. The van der Waals surface area contributed by atoms with Gasteiger partial charge in [-0.2, -0.15) is 0 Å². The Morgan fingerprint density at radius 2 is 1.72 bits per heavy atom. The average Bonchev–Trinajstić information content (AvgIpc) is 2.99. The fourth-order valence-corrected chi connectivity index (χ4v) is 9.25. The van der Waals surface area contributed by atoms with E-state index < -0.39 is 11.0 Å². The Balaban J connectivity index is 1.47. The Labute approximate surface area is 275 Å². The summed E-state index contributed by atoms with van der Waals surface area (Å²) in [6, 6.07) is 13.0. The molecule has 2 aromatic rings. The third kappa shape index (κ3) is 4.49. The van der Waals surface area contributed by atoms with E-state index in [1.807, 2.05) is 21.0 Å². The average molecular weight is 618 g/mol. The van der Waals surface area contributed by atoms with Crippen molar-refractivity contribution in [3.63, 3.8) is 0 Å². The summed E-state index contributed by atoms with van der Waals surface area (Å²) in [7, 11) is 6.26. The smallest absolute Gasteiger partial charge is 0.108 e. The third-order valence-electron chi connectivity index (χ3n) is 11.7. The van der Waals surface area contributed by atoms with Crippen LogP contribution < -0.4 is 11.5 Å². The SMILES string of the molecule is C=C(N)C1=C(C)C(N(C)C)[C@]2(N)CC3Cc4c(-c5cccc(C(=C)N6CCN(C)CC6)c5)ccc(C)c4C(=C)C3=C(O)[C@]2(C)C1=C. The number of nitrogens with two attached hydrogens (primary N) is 2. The number of piperazine rings is 1. The summed E-state index contributed by atoms with van der Waals surface area (Å²) in [4.78, 5) is 6.91. The van der Waals surface area contributed by atoms with Gasteiger partial charge in [-0.05, 0) is 117 Å². The molecule has 2 aromatic carbocycles. The number of likely N-dealkylation sites (N-methyl/N-ethyl adjacent to an activating group) is 2. The zero-order chi connectivity index (χ0) is 33.5. The van der Waals surface area contributed by atoms with Crippen molar-refractivity contribution in [2.45, 2.75) is 45.2 Å². The summed E-state index contributed by atoms with van der Waals surface area (Å²) in [6.07, 6.45) is 1.42. The maximum absolute atomic E-state index is 12.4. The van der Waals surface area contributed by atoms with Crippen molar-refractivity contribution >= 4 is 11.3 Å². The van der Waals surface area contributed by atoms with Crippen LogP contribution in [0, 0.1) is 18.3 Å². The Kier molecular flexibility index (Phi) is 7.78. The molecule has 4 atom stereocenters. The number of aryl methyl sites for hydroxylation is 1. The number of aliphatic hydroxyl groups excluding tert-OH is 1. The largest absolute Gasteiger partial charge is 0.511 e. The van der Waals surface area contributed by atoms with Gasteiger partial charge in [-0.15, -0.1) is 0 Å². The van der Waals surface area contributed by atoms with Crippen molar-refractivity contribution in [2.24, 2.45) is 22.8 Å². The molecule has 0 spiro atoms. The summed E-state index contributed by atoms with van der Waals surface area (Å²) in [5, 5.41) is 12.4. The molecule has 2 unspecified atom stereocenters. The van der Waals surface area contributed by atoms with Crippen molar-refractivity contribution in [2.75, 3.05) is 47.3 Å². The number of fused-ring (bicyclic) bond motifs is 3. The molecule has 0 amide bonds. The summed E-state index contributed by atoms with van der Waals surface area (Å²) in [5.41, 5.74) is 25.1. The molecular weight excluding hydrogens is 566 g/mol. The van der Waals surface area contributed by atoms with E-state index in [1.54, 1.807) is 0 Å². The Bertz CT molecular complexity index is 1750. The normalized spacial score (nSPS) is 28.3. The van der Waals surface area contributed by atoms with Gasteiger partial charge in [-0.25, -0.2) is 0 Å². The van der Waals surface area contributed by atoms with E-state index >= 15 is 0 Å². The summed E-state index contributed by atoms with van der Waals surface area (Å²) < 4.78 is 0. The monoisotopic (exact) mass is 617 g/mol. The van der Waals surface area contributed by atoms with Gasteiger partial charge in [-0.1, -0.05) is 56.6 Å². The lowest BCUT2D eigenvalue weighted by atomic mass is 9.48. The highest BCUT2D eigenvalue weighted by molar-refractivity contribution is 5.89. The molecule has 1 saturated heterocycles. The molecule has 1 fully saturated rings. The first-order chi connectivity index (χ1) is 21.6. The lowest BCUT2D eigenvalue weighted by Gasteiger charge is -2.61. The van der Waals surface area contributed by atoms with Crippen LogP contribution in [0.4, 0.5) is 0 Å². The van der Waals surface area contributed by atoms with Gasteiger partial charge in [0, 0.05) is 48.7 Å². The van der Waals surface area contributed by atoms with E-state index in [-0.39, 0.29) is 17.7 Å². The molecule has 0 aromatic heterocycles. The van der Waals surface area contributed by atoms with Crippen molar-refractivity contribution < 1.29 is 5.11 Å². The van der Waals surface area contributed by atoms with Crippen LogP contribution >= 0.6 is 0 Å². The first-order valence-electron chi connectivity index (χ1n) is 16.4. The van der Waals surface area contributed by atoms with E-state index in [9.17, 15) is 5.11 Å². The number of nitrogens with zero attached hydrogens (tertiary/aromatic N) is 3. The topological polar surface area (TPSA) is 82.0 Å². The predicted molar refractivity (Wildman–Crippen MR) is 193 cm³/mol. The number of allylic oxidation sites excluding steroid dienone is 3. The van der Waals surface area contributed by atoms with Crippen LogP contribution in [-0.4, -0.2) is 78.7 Å².